The van der Waals surface area contributed by atoms with Crippen molar-refractivity contribution in [3.8, 4) is 11.5 Å². The van der Waals surface area contributed by atoms with E-state index in [1.807, 2.05) is 19.0 Å². The number of nitrogens with one attached hydrogen (secondary N) is 1. The molecule has 9 nitrogen and oxygen atoms in total. The predicted octanol–water partition coefficient (Wildman–Crippen LogP) is 2.15. The third kappa shape index (κ3) is 3.56. The van der Waals surface area contributed by atoms with E-state index in [1.165, 1.54) is 18.3 Å². The van der Waals surface area contributed by atoms with Crippen molar-refractivity contribution < 1.29 is 19.2 Å². The number of nitro groups is 1. The summed E-state index contributed by atoms with van der Waals surface area (Å²) in [4.78, 5) is 24.7. The van der Waals surface area contributed by atoms with E-state index in [0.717, 1.165) is 5.69 Å². The van der Waals surface area contributed by atoms with Gasteiger partial charge < -0.3 is 14.4 Å². The topological polar surface area (TPSA) is 106 Å². The highest BCUT2D eigenvalue weighted by atomic mass is 16.7. The van der Waals surface area contributed by atoms with Gasteiger partial charge in [-0.3, -0.25) is 14.9 Å². The first kappa shape index (κ1) is 17.2. The van der Waals surface area contributed by atoms with Crippen LogP contribution in [0.25, 0.3) is 0 Å². The number of rotatable bonds is 5. The van der Waals surface area contributed by atoms with Crippen molar-refractivity contribution in [1.82, 2.24) is 5.43 Å². The van der Waals surface area contributed by atoms with Crippen LogP contribution in [0.4, 0.5) is 11.4 Å². The molecule has 0 radical (unpaired) electrons. The average Bonchev–Trinajstić information content (AvgIpc) is 3.08. The number of carbonyl (C=O) groups excluding carboxylic acids is 1. The van der Waals surface area contributed by atoms with Gasteiger partial charge in [-0.2, -0.15) is 5.10 Å². The number of benzene rings is 2. The van der Waals surface area contributed by atoms with Crippen molar-refractivity contribution in [2.45, 2.75) is 0 Å². The predicted molar refractivity (Wildman–Crippen MR) is 95.0 cm³/mol. The van der Waals surface area contributed by atoms with E-state index < -0.39 is 10.8 Å². The number of amides is 1. The largest absolute Gasteiger partial charge is 0.454 e. The van der Waals surface area contributed by atoms with Gasteiger partial charge in [-0.25, -0.2) is 5.43 Å². The first-order valence-electron chi connectivity index (χ1n) is 7.64. The fraction of sp³-hybridized carbons (Fsp3) is 0.176. The summed E-state index contributed by atoms with van der Waals surface area (Å²) in [5.41, 5.74) is 3.74. The summed E-state index contributed by atoms with van der Waals surface area (Å²) in [6.45, 7) is 0.00671. The quantitative estimate of drug-likeness (QED) is 0.500. The molecule has 1 N–H and O–H groups in total. The minimum atomic E-state index is -0.550. The first-order valence-corrected chi connectivity index (χ1v) is 7.64. The molecular formula is C17H16N4O5. The van der Waals surface area contributed by atoms with Crippen molar-refractivity contribution in [1.29, 1.82) is 0 Å². The van der Waals surface area contributed by atoms with E-state index in [2.05, 4.69) is 10.5 Å². The lowest BCUT2D eigenvalue weighted by atomic mass is 10.1. The molecule has 0 saturated heterocycles. The van der Waals surface area contributed by atoms with Crippen LogP contribution in [0.2, 0.25) is 0 Å². The van der Waals surface area contributed by atoms with Crippen molar-refractivity contribution in [3.05, 3.63) is 57.6 Å². The number of hydrogen-bond donors (Lipinski definition) is 1. The highest BCUT2D eigenvalue weighted by Gasteiger charge is 2.22. The van der Waals surface area contributed by atoms with E-state index in [1.54, 1.807) is 24.3 Å². The summed E-state index contributed by atoms with van der Waals surface area (Å²) in [5.74, 6) is 0.275. The molecule has 1 aliphatic rings. The zero-order valence-corrected chi connectivity index (χ0v) is 14.1. The molecule has 0 aliphatic carbocycles. The maximum Gasteiger partial charge on any atom is 0.282 e. The van der Waals surface area contributed by atoms with Gasteiger partial charge in [-0.05, 0) is 30.3 Å². The first-order chi connectivity index (χ1) is 12.5. The van der Waals surface area contributed by atoms with Gasteiger partial charge >= 0.3 is 0 Å². The molecular weight excluding hydrogens is 340 g/mol. The zero-order chi connectivity index (χ0) is 18.7. The van der Waals surface area contributed by atoms with Crippen LogP contribution >= 0.6 is 0 Å². The molecule has 134 valence electrons. The summed E-state index contributed by atoms with van der Waals surface area (Å²) in [6.07, 6.45) is 1.20. The Labute approximate surface area is 149 Å². The normalized spacial score (nSPS) is 12.2. The highest BCUT2D eigenvalue weighted by molar-refractivity contribution is 5.95. The Bertz CT molecular complexity index is 877. The number of ether oxygens (including phenoxy) is 2. The van der Waals surface area contributed by atoms with Crippen LogP contribution in [-0.4, -0.2) is 37.9 Å². The lowest BCUT2D eigenvalue weighted by Gasteiger charge is -2.12. The molecule has 0 atom stereocenters. The Morgan fingerprint density at radius 1 is 1.23 bits per heavy atom. The Balaban J connectivity index is 1.74. The Kier molecular flexibility index (Phi) is 4.70. The third-order valence-electron chi connectivity index (χ3n) is 3.73. The minimum Gasteiger partial charge on any atom is -0.454 e. The van der Waals surface area contributed by atoms with Gasteiger partial charge in [-0.15, -0.1) is 0 Å². The molecule has 0 unspecified atom stereocenters. The molecule has 9 heteroatoms. The molecule has 0 bridgehead atoms. The van der Waals surface area contributed by atoms with Gasteiger partial charge in [-0.1, -0.05) is 0 Å². The lowest BCUT2D eigenvalue weighted by molar-refractivity contribution is -0.385. The Morgan fingerprint density at radius 2 is 1.88 bits per heavy atom. The maximum absolute atomic E-state index is 12.1. The van der Waals surface area contributed by atoms with Crippen LogP contribution in [0.1, 0.15) is 15.9 Å². The van der Waals surface area contributed by atoms with Crippen LogP contribution in [0.15, 0.2) is 41.5 Å². The SMILES string of the molecule is CN(C)c1ccc(C(=O)NN=Cc2cc3c(cc2[N+](=O)[O-])OCO3)cc1. The molecule has 1 aliphatic heterocycles. The van der Waals surface area contributed by atoms with Crippen LogP contribution in [-0.2, 0) is 0 Å². The highest BCUT2D eigenvalue weighted by Crippen LogP contribution is 2.37. The van der Waals surface area contributed by atoms with Gasteiger partial charge in [0.05, 0.1) is 22.8 Å². The number of hydrazone groups is 1. The summed E-state index contributed by atoms with van der Waals surface area (Å²) in [5, 5.41) is 15.0. The van der Waals surface area contributed by atoms with Gasteiger partial charge in [0.25, 0.3) is 11.6 Å². The van der Waals surface area contributed by atoms with Gasteiger partial charge in [0, 0.05) is 25.3 Å². The molecule has 1 amide bonds. The molecule has 3 rings (SSSR count). The fourth-order valence-corrected chi connectivity index (χ4v) is 2.34. The number of fused-ring (bicyclic) bond motifs is 1. The van der Waals surface area contributed by atoms with Crippen LogP contribution in [0, 0.1) is 10.1 Å². The number of carbonyl (C=O) groups is 1. The number of nitrogens with zero attached hydrogens (tertiary/aromatic N) is 3. The van der Waals surface area contributed by atoms with Crippen molar-refractivity contribution >= 4 is 23.5 Å². The molecule has 2 aromatic rings. The zero-order valence-electron chi connectivity index (χ0n) is 14.1. The summed E-state index contributed by atoms with van der Waals surface area (Å²) < 4.78 is 10.3. The maximum atomic E-state index is 12.1. The molecule has 26 heavy (non-hydrogen) atoms. The lowest BCUT2D eigenvalue weighted by Crippen LogP contribution is -2.18. The summed E-state index contributed by atoms with van der Waals surface area (Å²) >= 11 is 0. The summed E-state index contributed by atoms with van der Waals surface area (Å²) in [7, 11) is 3.80. The van der Waals surface area contributed by atoms with Gasteiger partial charge in [0.15, 0.2) is 11.5 Å². The van der Waals surface area contributed by atoms with Crippen molar-refractivity contribution in [2.75, 3.05) is 25.8 Å². The Morgan fingerprint density at radius 3 is 2.50 bits per heavy atom. The van der Waals surface area contributed by atoms with E-state index in [4.69, 9.17) is 9.47 Å². The van der Waals surface area contributed by atoms with Crippen LogP contribution < -0.4 is 19.8 Å². The second-order valence-corrected chi connectivity index (χ2v) is 5.66. The standard InChI is InChI=1S/C17H16N4O5/c1-20(2)13-5-3-11(4-6-13)17(22)19-18-9-12-7-15-16(26-10-25-15)8-14(12)21(23)24/h3-9H,10H2,1-2H3,(H,19,22). The van der Waals surface area contributed by atoms with E-state index in [0.29, 0.717) is 17.1 Å². The van der Waals surface area contributed by atoms with Gasteiger partial charge in [0.1, 0.15) is 0 Å². The van der Waals surface area contributed by atoms with Gasteiger partial charge in [0.2, 0.25) is 6.79 Å². The molecule has 0 spiro atoms. The smallest absolute Gasteiger partial charge is 0.282 e. The number of nitro benzene ring substituents is 1. The number of anilines is 1. The molecule has 1 heterocycles. The molecule has 0 fully saturated rings. The third-order valence-corrected chi connectivity index (χ3v) is 3.73. The molecule has 0 saturated carbocycles. The van der Waals surface area contributed by atoms with E-state index in [-0.39, 0.29) is 18.0 Å². The van der Waals surface area contributed by atoms with E-state index >= 15 is 0 Å². The number of hydrogen-bond acceptors (Lipinski definition) is 7. The van der Waals surface area contributed by atoms with E-state index in [9.17, 15) is 14.9 Å². The molecule has 0 aromatic heterocycles. The molecule has 2 aromatic carbocycles. The summed E-state index contributed by atoms with van der Waals surface area (Å²) in [6, 6.07) is 9.67. The second kappa shape index (κ2) is 7.09. The minimum absolute atomic E-state index is 0.00671. The van der Waals surface area contributed by atoms with Crippen LogP contribution in [0.5, 0.6) is 11.5 Å². The van der Waals surface area contributed by atoms with Crippen LogP contribution in [0.3, 0.4) is 0 Å². The Hall–Kier alpha value is -3.62. The van der Waals surface area contributed by atoms with Crippen molar-refractivity contribution in [3.63, 3.8) is 0 Å². The monoisotopic (exact) mass is 356 g/mol. The average molecular weight is 356 g/mol. The second-order valence-electron chi connectivity index (χ2n) is 5.66. The van der Waals surface area contributed by atoms with Crippen molar-refractivity contribution in [2.24, 2.45) is 5.10 Å². The fourth-order valence-electron chi connectivity index (χ4n) is 2.34.